The van der Waals surface area contributed by atoms with Crippen molar-refractivity contribution < 1.29 is 32.2 Å². The summed E-state index contributed by atoms with van der Waals surface area (Å²) in [6, 6.07) is 1.04. The number of carbonyl (C=O) groups excluding carboxylic acids is 2. The van der Waals surface area contributed by atoms with E-state index in [1.54, 1.807) is 20.8 Å². The summed E-state index contributed by atoms with van der Waals surface area (Å²) in [6.07, 6.45) is -5.28. The van der Waals surface area contributed by atoms with Gasteiger partial charge < -0.3 is 14.8 Å². The van der Waals surface area contributed by atoms with E-state index in [-0.39, 0.29) is 30.0 Å². The van der Waals surface area contributed by atoms with E-state index in [4.69, 9.17) is 21.1 Å². The molecular formula is C16H18ClF3N2O4. The highest BCUT2D eigenvalue weighted by molar-refractivity contribution is 6.31. The number of alkyl halides is 3. The van der Waals surface area contributed by atoms with Gasteiger partial charge in [0, 0.05) is 18.0 Å². The third-order valence-corrected chi connectivity index (χ3v) is 3.74. The van der Waals surface area contributed by atoms with Crippen LogP contribution in [0.15, 0.2) is 6.07 Å². The molecule has 10 heteroatoms. The molecule has 0 bridgehead atoms. The molecule has 1 unspecified atom stereocenters. The van der Waals surface area contributed by atoms with Crippen LogP contribution in [-0.4, -0.2) is 41.8 Å². The number of fused-ring (bicyclic) bond motifs is 1. The van der Waals surface area contributed by atoms with Gasteiger partial charge in [-0.15, -0.1) is 0 Å². The molecule has 1 aliphatic heterocycles. The third kappa shape index (κ3) is 5.00. The van der Waals surface area contributed by atoms with Crippen molar-refractivity contribution in [2.24, 2.45) is 0 Å². The van der Waals surface area contributed by atoms with Crippen LogP contribution in [0.1, 0.15) is 49.2 Å². The molecule has 1 aromatic rings. The van der Waals surface area contributed by atoms with Crippen LogP contribution in [0.3, 0.4) is 0 Å². The second-order valence-corrected chi connectivity index (χ2v) is 7.13. The molecule has 26 heavy (non-hydrogen) atoms. The summed E-state index contributed by atoms with van der Waals surface area (Å²) in [5, 5.41) is 2.27. The van der Waals surface area contributed by atoms with Gasteiger partial charge in [-0.05, 0) is 33.3 Å². The quantitative estimate of drug-likeness (QED) is 0.619. The Morgan fingerprint density at radius 3 is 2.62 bits per heavy atom. The molecule has 2 rings (SSSR count). The van der Waals surface area contributed by atoms with E-state index in [1.165, 1.54) is 0 Å². The first kappa shape index (κ1) is 20.3. The number of hydrogen-bond donors (Lipinski definition) is 1. The topological polar surface area (TPSA) is 77.5 Å². The normalized spacial score (nSPS) is 16.7. The number of rotatable bonds is 4. The van der Waals surface area contributed by atoms with Crippen LogP contribution < -0.4 is 10.1 Å². The highest BCUT2D eigenvalue weighted by Gasteiger charge is 2.41. The Morgan fingerprint density at radius 1 is 1.38 bits per heavy atom. The van der Waals surface area contributed by atoms with Crippen LogP contribution in [0.2, 0.25) is 5.15 Å². The maximum Gasteiger partial charge on any atom is 0.456 e. The minimum absolute atomic E-state index is 0.160. The molecule has 2 heterocycles. The maximum absolute atomic E-state index is 12.6. The Bertz CT molecular complexity index is 717. The monoisotopic (exact) mass is 394 g/mol. The SMILES string of the molecule is CC(C)(C)OC(=O)NCCC1COc2c1cc(C(=O)C(F)(F)F)nc2Cl. The summed E-state index contributed by atoms with van der Waals surface area (Å²) in [7, 11) is 0. The van der Waals surface area contributed by atoms with Crippen molar-refractivity contribution >= 4 is 23.5 Å². The van der Waals surface area contributed by atoms with E-state index in [0.717, 1.165) is 6.07 Å². The summed E-state index contributed by atoms with van der Waals surface area (Å²) >= 11 is 5.85. The van der Waals surface area contributed by atoms with Gasteiger partial charge in [0.05, 0.1) is 6.61 Å². The molecule has 1 aromatic heterocycles. The van der Waals surface area contributed by atoms with Crippen molar-refractivity contribution in [2.45, 2.75) is 44.9 Å². The third-order valence-electron chi connectivity index (χ3n) is 3.48. The molecule has 144 valence electrons. The number of pyridine rings is 1. The minimum Gasteiger partial charge on any atom is -0.489 e. The zero-order chi connectivity index (χ0) is 19.7. The highest BCUT2D eigenvalue weighted by Crippen LogP contribution is 2.41. The number of halogens is 4. The lowest BCUT2D eigenvalue weighted by Crippen LogP contribution is -2.33. The number of carbonyl (C=O) groups is 2. The van der Waals surface area contributed by atoms with E-state index in [9.17, 15) is 22.8 Å². The predicted molar refractivity (Wildman–Crippen MR) is 86.7 cm³/mol. The van der Waals surface area contributed by atoms with Gasteiger partial charge in [-0.2, -0.15) is 13.2 Å². The molecule has 0 saturated carbocycles. The molecule has 6 nitrogen and oxygen atoms in total. The number of ketones is 1. The lowest BCUT2D eigenvalue weighted by Gasteiger charge is -2.20. The largest absolute Gasteiger partial charge is 0.489 e. The van der Waals surface area contributed by atoms with Gasteiger partial charge >= 0.3 is 12.3 Å². The molecular weight excluding hydrogens is 377 g/mol. The zero-order valence-electron chi connectivity index (χ0n) is 14.4. The van der Waals surface area contributed by atoms with Crippen LogP contribution in [0.5, 0.6) is 5.75 Å². The van der Waals surface area contributed by atoms with Crippen LogP contribution in [0, 0.1) is 0 Å². The smallest absolute Gasteiger partial charge is 0.456 e. The zero-order valence-corrected chi connectivity index (χ0v) is 15.1. The first-order valence-corrected chi connectivity index (χ1v) is 8.18. The first-order valence-electron chi connectivity index (χ1n) is 7.80. The summed E-state index contributed by atoms with van der Waals surface area (Å²) in [6.45, 7) is 5.55. The van der Waals surface area contributed by atoms with Gasteiger partial charge in [-0.3, -0.25) is 4.79 Å². The van der Waals surface area contributed by atoms with E-state index in [1.807, 2.05) is 0 Å². The lowest BCUT2D eigenvalue weighted by atomic mass is 9.97. The van der Waals surface area contributed by atoms with Crippen LogP contribution in [-0.2, 0) is 4.74 Å². The average Bonchev–Trinajstić information content (AvgIpc) is 2.87. The molecule has 0 spiro atoms. The summed E-state index contributed by atoms with van der Waals surface area (Å²) in [5.41, 5.74) is -1.06. The standard InChI is InChI=1S/C16H18ClF3N2O4/c1-15(2,3)26-14(24)21-5-4-8-7-25-11-9(8)6-10(22-13(11)17)12(23)16(18,19)20/h6,8H,4-5,7H2,1-3H3,(H,21,24). The fraction of sp³-hybridized carbons (Fsp3) is 0.562. The molecule has 0 fully saturated rings. The lowest BCUT2D eigenvalue weighted by molar-refractivity contribution is -0.0888. The number of Topliss-reactive ketones (excluding diaryl/α,β-unsaturated/α-hetero) is 1. The van der Waals surface area contributed by atoms with Crippen LogP contribution in [0.25, 0.3) is 0 Å². The van der Waals surface area contributed by atoms with Crippen molar-refractivity contribution in [2.75, 3.05) is 13.2 Å². The molecule has 0 aliphatic carbocycles. The van der Waals surface area contributed by atoms with E-state index < -0.39 is 29.3 Å². The Labute approximate surface area is 153 Å². The van der Waals surface area contributed by atoms with Gasteiger partial charge in [0.2, 0.25) is 0 Å². The van der Waals surface area contributed by atoms with E-state index >= 15 is 0 Å². The maximum atomic E-state index is 12.6. The number of nitrogens with zero attached hydrogens (tertiary/aromatic N) is 1. The molecule has 0 saturated heterocycles. The van der Waals surface area contributed by atoms with Crippen molar-refractivity contribution in [1.82, 2.24) is 10.3 Å². The Morgan fingerprint density at radius 2 is 2.04 bits per heavy atom. The molecule has 1 atom stereocenters. The second-order valence-electron chi connectivity index (χ2n) is 6.77. The molecule has 1 amide bonds. The van der Waals surface area contributed by atoms with Crippen LogP contribution in [0.4, 0.5) is 18.0 Å². The van der Waals surface area contributed by atoms with Crippen molar-refractivity contribution in [3.63, 3.8) is 0 Å². The minimum atomic E-state index is -5.04. The molecule has 1 aliphatic rings. The number of nitrogens with one attached hydrogen (secondary N) is 1. The number of alkyl carbamates (subject to hydrolysis) is 1. The molecule has 0 radical (unpaired) electrons. The Kier molecular flexibility index (Phi) is 5.70. The predicted octanol–water partition coefficient (Wildman–Crippen LogP) is 3.87. The van der Waals surface area contributed by atoms with E-state index in [0.29, 0.717) is 12.0 Å². The van der Waals surface area contributed by atoms with Crippen LogP contribution >= 0.6 is 11.6 Å². The Balaban J connectivity index is 2.07. The summed E-state index contributed by atoms with van der Waals surface area (Å²) < 4.78 is 48.3. The number of aromatic nitrogens is 1. The fourth-order valence-corrected chi connectivity index (χ4v) is 2.66. The highest BCUT2D eigenvalue weighted by atomic mass is 35.5. The van der Waals surface area contributed by atoms with E-state index in [2.05, 4.69) is 10.3 Å². The Hall–Kier alpha value is -2.03. The van der Waals surface area contributed by atoms with Crippen molar-refractivity contribution in [1.29, 1.82) is 0 Å². The van der Waals surface area contributed by atoms with Gasteiger partial charge in [0.1, 0.15) is 11.3 Å². The summed E-state index contributed by atoms with van der Waals surface area (Å²) in [5.74, 6) is -2.24. The number of amides is 1. The van der Waals surface area contributed by atoms with Gasteiger partial charge in [0.15, 0.2) is 10.9 Å². The molecule has 1 N–H and O–H groups in total. The van der Waals surface area contributed by atoms with Crippen molar-refractivity contribution in [3.8, 4) is 5.75 Å². The average molecular weight is 395 g/mol. The number of hydrogen-bond acceptors (Lipinski definition) is 5. The van der Waals surface area contributed by atoms with Gasteiger partial charge in [0.25, 0.3) is 5.78 Å². The van der Waals surface area contributed by atoms with Crippen molar-refractivity contribution in [3.05, 3.63) is 22.5 Å². The second kappa shape index (κ2) is 7.30. The first-order chi connectivity index (χ1) is 11.9. The van der Waals surface area contributed by atoms with Gasteiger partial charge in [-0.1, -0.05) is 11.6 Å². The van der Waals surface area contributed by atoms with Gasteiger partial charge in [-0.25, -0.2) is 9.78 Å². The summed E-state index contributed by atoms with van der Waals surface area (Å²) in [4.78, 5) is 26.5. The molecule has 0 aromatic carbocycles. The number of ether oxygens (including phenoxy) is 2. The fourth-order valence-electron chi connectivity index (χ4n) is 2.40.